The largest absolute Gasteiger partial charge is 0.285 e. The van der Waals surface area contributed by atoms with Gasteiger partial charge in [0.05, 0.1) is 18.5 Å². The summed E-state index contributed by atoms with van der Waals surface area (Å²) in [5.74, 6) is -0.0108. The van der Waals surface area contributed by atoms with Crippen LogP contribution in [-0.2, 0) is 11.3 Å². The fraction of sp³-hybridized carbons (Fsp3) is 0.118. The lowest BCUT2D eigenvalue weighted by Crippen LogP contribution is -2.28. The summed E-state index contributed by atoms with van der Waals surface area (Å²) in [7, 11) is 0. The number of thioether (sulfide) groups is 1. The first-order chi connectivity index (χ1) is 11.6. The van der Waals surface area contributed by atoms with Crippen molar-refractivity contribution < 1.29 is 9.18 Å². The predicted molar refractivity (Wildman–Crippen MR) is 95.9 cm³/mol. The lowest BCUT2D eigenvalue weighted by Gasteiger charge is -2.15. The molecule has 2 aromatic rings. The van der Waals surface area contributed by atoms with Gasteiger partial charge in [-0.05, 0) is 35.4 Å². The third kappa shape index (κ3) is 4.21. The maximum absolute atomic E-state index is 13.0. The van der Waals surface area contributed by atoms with Gasteiger partial charge in [0, 0.05) is 5.02 Å². The Labute approximate surface area is 148 Å². The van der Waals surface area contributed by atoms with Gasteiger partial charge in [-0.15, -0.1) is 5.10 Å². The van der Waals surface area contributed by atoms with E-state index in [1.807, 2.05) is 12.1 Å². The molecule has 0 atom stereocenters. The zero-order valence-corrected chi connectivity index (χ0v) is 14.1. The highest BCUT2D eigenvalue weighted by Crippen LogP contribution is 2.22. The van der Waals surface area contributed by atoms with Crippen LogP contribution in [0.3, 0.4) is 0 Å². The highest BCUT2D eigenvalue weighted by Gasteiger charge is 2.28. The first-order valence-corrected chi connectivity index (χ1v) is 8.52. The Morgan fingerprint density at radius 2 is 1.88 bits per heavy atom. The predicted octanol–water partition coefficient (Wildman–Crippen LogP) is 3.94. The lowest BCUT2D eigenvalue weighted by molar-refractivity contribution is -0.124. The van der Waals surface area contributed by atoms with Crippen molar-refractivity contribution in [3.63, 3.8) is 0 Å². The van der Waals surface area contributed by atoms with Gasteiger partial charge in [-0.1, -0.05) is 47.6 Å². The summed E-state index contributed by atoms with van der Waals surface area (Å²) in [5, 5.41) is 9.36. The lowest BCUT2D eigenvalue weighted by atomic mass is 10.2. The first kappa shape index (κ1) is 16.7. The van der Waals surface area contributed by atoms with Crippen molar-refractivity contribution in [2.45, 2.75) is 6.54 Å². The molecule has 4 nitrogen and oxygen atoms in total. The van der Waals surface area contributed by atoms with E-state index in [1.165, 1.54) is 23.9 Å². The third-order valence-corrected chi connectivity index (χ3v) is 4.53. The Morgan fingerprint density at radius 1 is 1.17 bits per heavy atom. The van der Waals surface area contributed by atoms with E-state index in [4.69, 9.17) is 11.6 Å². The van der Waals surface area contributed by atoms with Crippen molar-refractivity contribution in [2.75, 3.05) is 5.75 Å². The molecule has 1 aliphatic rings. The van der Waals surface area contributed by atoms with Gasteiger partial charge in [0.15, 0.2) is 5.17 Å². The van der Waals surface area contributed by atoms with Crippen LogP contribution in [0.1, 0.15) is 11.1 Å². The molecule has 2 aromatic carbocycles. The molecule has 3 rings (SSSR count). The first-order valence-electron chi connectivity index (χ1n) is 7.16. The van der Waals surface area contributed by atoms with Gasteiger partial charge in [0.2, 0.25) is 5.91 Å². The fourth-order valence-corrected chi connectivity index (χ4v) is 3.06. The van der Waals surface area contributed by atoms with Crippen LogP contribution in [0.4, 0.5) is 4.39 Å². The van der Waals surface area contributed by atoms with Crippen molar-refractivity contribution in [3.8, 4) is 0 Å². The van der Waals surface area contributed by atoms with Gasteiger partial charge in [-0.25, -0.2) is 4.39 Å². The minimum Gasteiger partial charge on any atom is -0.285 e. The fourth-order valence-electron chi connectivity index (χ4n) is 2.09. The van der Waals surface area contributed by atoms with E-state index >= 15 is 0 Å². The number of rotatable bonds is 4. The highest BCUT2D eigenvalue weighted by molar-refractivity contribution is 8.15. The summed E-state index contributed by atoms with van der Waals surface area (Å²) in [4.78, 5) is 13.6. The van der Waals surface area contributed by atoms with Crippen LogP contribution in [0.25, 0.3) is 0 Å². The molecule has 0 spiro atoms. The third-order valence-electron chi connectivity index (χ3n) is 3.33. The van der Waals surface area contributed by atoms with Crippen LogP contribution < -0.4 is 0 Å². The van der Waals surface area contributed by atoms with Crippen LogP contribution in [0.5, 0.6) is 0 Å². The zero-order chi connectivity index (χ0) is 16.9. The van der Waals surface area contributed by atoms with E-state index in [0.29, 0.717) is 22.5 Å². The number of amidine groups is 1. The van der Waals surface area contributed by atoms with E-state index < -0.39 is 0 Å². The Bertz CT molecular complexity index is 790. The molecule has 1 saturated heterocycles. The molecular weight excluding hydrogens is 349 g/mol. The second-order valence-electron chi connectivity index (χ2n) is 5.07. The second-order valence-corrected chi connectivity index (χ2v) is 6.45. The van der Waals surface area contributed by atoms with Crippen LogP contribution in [0.15, 0.2) is 58.7 Å². The average Bonchev–Trinajstić information content (AvgIpc) is 2.92. The molecule has 1 aliphatic heterocycles. The number of carbonyl (C=O) groups is 1. The zero-order valence-electron chi connectivity index (χ0n) is 12.5. The summed E-state index contributed by atoms with van der Waals surface area (Å²) in [5.41, 5.74) is 1.70. The number of hydrogen-bond acceptors (Lipinski definition) is 4. The number of carbonyl (C=O) groups excluding carboxylic acids is 1. The normalized spacial score (nSPS) is 16.5. The maximum Gasteiger partial charge on any atom is 0.239 e. The Morgan fingerprint density at radius 3 is 2.58 bits per heavy atom. The van der Waals surface area contributed by atoms with E-state index in [1.54, 1.807) is 35.4 Å². The minimum atomic E-state index is -0.303. The van der Waals surface area contributed by atoms with Gasteiger partial charge >= 0.3 is 0 Å². The molecule has 122 valence electrons. The number of benzene rings is 2. The van der Waals surface area contributed by atoms with Crippen molar-refractivity contribution >= 4 is 40.7 Å². The summed E-state index contributed by atoms with van der Waals surface area (Å²) < 4.78 is 13.0. The summed E-state index contributed by atoms with van der Waals surface area (Å²) in [6.45, 7) is 0.349. The molecule has 0 radical (unpaired) electrons. The van der Waals surface area contributed by atoms with Gasteiger partial charge in [-0.2, -0.15) is 5.10 Å². The molecule has 0 N–H and O–H groups in total. The smallest absolute Gasteiger partial charge is 0.239 e. The van der Waals surface area contributed by atoms with E-state index in [9.17, 15) is 9.18 Å². The van der Waals surface area contributed by atoms with Crippen LogP contribution >= 0.6 is 23.4 Å². The van der Waals surface area contributed by atoms with Crippen molar-refractivity contribution in [2.24, 2.45) is 10.2 Å². The molecule has 7 heteroatoms. The minimum absolute atomic E-state index is 0.0373. The molecule has 0 saturated carbocycles. The SMILES string of the molecule is O=C1CS/C(=N\N=C\c2ccc(Cl)cc2)N1Cc1ccc(F)cc1. The number of amides is 1. The molecule has 24 heavy (non-hydrogen) atoms. The summed E-state index contributed by atoms with van der Waals surface area (Å²) in [6, 6.07) is 13.2. The Hall–Kier alpha value is -2.18. The Balaban J connectivity index is 1.72. The van der Waals surface area contributed by atoms with E-state index in [2.05, 4.69) is 10.2 Å². The molecule has 0 aromatic heterocycles. The average molecular weight is 362 g/mol. The highest BCUT2D eigenvalue weighted by atomic mass is 35.5. The number of hydrogen-bond donors (Lipinski definition) is 0. The van der Waals surface area contributed by atoms with Crippen molar-refractivity contribution in [3.05, 3.63) is 70.5 Å². The van der Waals surface area contributed by atoms with Crippen molar-refractivity contribution in [1.82, 2.24) is 4.90 Å². The quantitative estimate of drug-likeness (QED) is 0.611. The van der Waals surface area contributed by atoms with E-state index in [0.717, 1.165) is 11.1 Å². The van der Waals surface area contributed by atoms with Crippen LogP contribution in [0, 0.1) is 5.82 Å². The van der Waals surface area contributed by atoms with Gasteiger partial charge in [-0.3, -0.25) is 9.69 Å². The molecule has 1 fully saturated rings. The number of nitrogens with zero attached hydrogens (tertiary/aromatic N) is 3. The molecule has 0 aliphatic carbocycles. The van der Waals surface area contributed by atoms with Gasteiger partial charge in [0.25, 0.3) is 0 Å². The molecule has 1 amide bonds. The van der Waals surface area contributed by atoms with Crippen molar-refractivity contribution in [1.29, 1.82) is 0 Å². The van der Waals surface area contributed by atoms with Gasteiger partial charge in [0.1, 0.15) is 5.82 Å². The molecule has 1 heterocycles. The maximum atomic E-state index is 13.0. The second kappa shape index (κ2) is 7.59. The van der Waals surface area contributed by atoms with E-state index in [-0.39, 0.29) is 11.7 Å². The topological polar surface area (TPSA) is 45.0 Å². The summed E-state index contributed by atoms with van der Waals surface area (Å²) in [6.07, 6.45) is 1.60. The van der Waals surface area contributed by atoms with Crippen LogP contribution in [-0.4, -0.2) is 27.9 Å². The number of halogens is 2. The van der Waals surface area contributed by atoms with Gasteiger partial charge < -0.3 is 0 Å². The molecule has 0 bridgehead atoms. The monoisotopic (exact) mass is 361 g/mol. The standard InChI is InChI=1S/C17H13ClFN3OS/c18-14-5-1-12(2-6-14)9-20-21-17-22(16(23)11-24-17)10-13-3-7-15(19)8-4-13/h1-9H,10-11H2/b20-9+,21-17-. The Kier molecular flexibility index (Phi) is 5.27. The molecular formula is C17H13ClFN3OS. The molecule has 0 unspecified atom stereocenters. The van der Waals surface area contributed by atoms with Crippen LogP contribution in [0.2, 0.25) is 5.02 Å². The summed E-state index contributed by atoms with van der Waals surface area (Å²) >= 11 is 7.16.